The Morgan fingerprint density at radius 1 is 1.12 bits per heavy atom. The molecule has 0 bridgehead atoms. The molecule has 4 atom stereocenters. The second kappa shape index (κ2) is 13.3. The average Bonchev–Trinajstić information content (AvgIpc) is 2.92. The van der Waals surface area contributed by atoms with Gasteiger partial charge in [0.05, 0.1) is 25.6 Å². The van der Waals surface area contributed by atoms with Gasteiger partial charge in [-0.2, -0.15) is 0 Å². The van der Waals surface area contributed by atoms with Crippen molar-refractivity contribution in [1.29, 1.82) is 0 Å². The van der Waals surface area contributed by atoms with Crippen LogP contribution < -0.4 is 0 Å². The quantitative estimate of drug-likeness (QED) is 0.290. The van der Waals surface area contributed by atoms with E-state index >= 15 is 0 Å². The highest BCUT2D eigenvalue weighted by atomic mass is 16.5. The van der Waals surface area contributed by atoms with Gasteiger partial charge < -0.3 is 14.9 Å². The number of aliphatic hydroxyl groups is 2. The fraction of sp³-hybridized carbons (Fsp3) is 0.714. The van der Waals surface area contributed by atoms with Crippen molar-refractivity contribution in [3.05, 3.63) is 36.6 Å². The summed E-state index contributed by atoms with van der Waals surface area (Å²) in [6, 6.07) is 0. The molecule has 0 aliphatic heterocycles. The second-order valence-electron chi connectivity index (χ2n) is 6.81. The molecule has 0 radical (unpaired) electrons. The molecule has 0 saturated carbocycles. The molecule has 3 nitrogen and oxygen atoms in total. The molecule has 2 N–H and O–H groups in total. The number of methoxy groups -OCH3 is 1. The maximum atomic E-state index is 10.2. The van der Waals surface area contributed by atoms with Crippen LogP contribution >= 0.6 is 0 Å². The van der Waals surface area contributed by atoms with Crippen molar-refractivity contribution in [3.63, 3.8) is 0 Å². The van der Waals surface area contributed by atoms with E-state index in [-0.39, 0.29) is 24.0 Å². The smallest absolute Gasteiger partial charge is 0.0784 e. The zero-order valence-corrected chi connectivity index (χ0v) is 15.4. The molecule has 0 heterocycles. The number of ether oxygens (including phenoxy) is 1. The van der Waals surface area contributed by atoms with Crippen LogP contribution in [-0.4, -0.2) is 29.5 Å². The predicted molar refractivity (Wildman–Crippen MR) is 101 cm³/mol. The van der Waals surface area contributed by atoms with Crippen LogP contribution in [0, 0.1) is 11.8 Å². The van der Waals surface area contributed by atoms with Gasteiger partial charge >= 0.3 is 0 Å². The number of rotatable bonds is 13. The van der Waals surface area contributed by atoms with Gasteiger partial charge in [0.15, 0.2) is 0 Å². The van der Waals surface area contributed by atoms with Crippen molar-refractivity contribution in [2.24, 2.45) is 11.8 Å². The van der Waals surface area contributed by atoms with Gasteiger partial charge in [0.1, 0.15) is 0 Å². The van der Waals surface area contributed by atoms with Crippen LogP contribution in [0.25, 0.3) is 0 Å². The molecule has 1 aliphatic rings. The van der Waals surface area contributed by atoms with Crippen LogP contribution in [0.5, 0.6) is 0 Å². The number of unbranched alkanes of at least 4 members (excludes halogenated alkanes) is 5. The summed E-state index contributed by atoms with van der Waals surface area (Å²) in [4.78, 5) is 0. The van der Waals surface area contributed by atoms with Crippen molar-refractivity contribution in [1.82, 2.24) is 0 Å². The number of aliphatic hydroxyl groups excluding tert-OH is 2. The molecular formula is C21H36O3. The van der Waals surface area contributed by atoms with E-state index in [1.165, 1.54) is 19.3 Å². The fourth-order valence-corrected chi connectivity index (χ4v) is 3.26. The van der Waals surface area contributed by atoms with Crippen molar-refractivity contribution >= 4 is 0 Å². The number of allylic oxidation sites excluding steroid dienone is 3. The molecule has 0 spiro atoms. The molecule has 1 aliphatic carbocycles. The van der Waals surface area contributed by atoms with Crippen LogP contribution in [-0.2, 0) is 4.74 Å². The Bertz CT molecular complexity index is 387. The molecule has 1 rings (SSSR count). The van der Waals surface area contributed by atoms with Crippen molar-refractivity contribution in [2.45, 2.75) is 76.9 Å². The van der Waals surface area contributed by atoms with Gasteiger partial charge in [-0.15, -0.1) is 0 Å². The average molecular weight is 337 g/mol. The molecule has 24 heavy (non-hydrogen) atoms. The topological polar surface area (TPSA) is 49.7 Å². The van der Waals surface area contributed by atoms with Crippen molar-refractivity contribution in [2.75, 3.05) is 7.11 Å². The van der Waals surface area contributed by atoms with Crippen LogP contribution in [0.2, 0.25) is 0 Å². The molecular weight excluding hydrogens is 300 g/mol. The fourth-order valence-electron chi connectivity index (χ4n) is 3.26. The summed E-state index contributed by atoms with van der Waals surface area (Å²) >= 11 is 0. The zero-order valence-electron chi connectivity index (χ0n) is 15.4. The van der Waals surface area contributed by atoms with E-state index in [2.05, 4.69) is 25.2 Å². The minimum absolute atomic E-state index is 0.259. The van der Waals surface area contributed by atoms with Crippen LogP contribution in [0.1, 0.15) is 64.7 Å². The van der Waals surface area contributed by atoms with Gasteiger partial charge in [0.25, 0.3) is 0 Å². The minimum Gasteiger partial charge on any atom is -0.505 e. The zero-order chi connectivity index (χ0) is 17.6. The highest BCUT2D eigenvalue weighted by Gasteiger charge is 2.28. The molecule has 0 saturated heterocycles. The number of hydrogen-bond acceptors (Lipinski definition) is 3. The van der Waals surface area contributed by atoms with Crippen molar-refractivity contribution < 1.29 is 14.9 Å². The highest BCUT2D eigenvalue weighted by Crippen LogP contribution is 2.31. The Morgan fingerprint density at radius 2 is 1.96 bits per heavy atom. The molecule has 0 aromatic rings. The first-order valence-corrected chi connectivity index (χ1v) is 9.59. The Morgan fingerprint density at radius 3 is 2.71 bits per heavy atom. The lowest BCUT2D eigenvalue weighted by atomic mass is 9.88. The summed E-state index contributed by atoms with van der Waals surface area (Å²) in [5, 5.41) is 20.2. The Labute approximate surface area is 148 Å². The van der Waals surface area contributed by atoms with Gasteiger partial charge in [-0.05, 0) is 37.7 Å². The van der Waals surface area contributed by atoms with Crippen LogP contribution in [0.4, 0.5) is 0 Å². The second-order valence-corrected chi connectivity index (χ2v) is 6.81. The molecule has 0 amide bonds. The lowest BCUT2D eigenvalue weighted by molar-refractivity contribution is 0.142. The van der Waals surface area contributed by atoms with Crippen LogP contribution in [0.15, 0.2) is 36.6 Å². The molecule has 3 heteroatoms. The summed E-state index contributed by atoms with van der Waals surface area (Å²) in [6.07, 6.45) is 20.9. The van der Waals surface area contributed by atoms with E-state index < -0.39 is 0 Å². The molecule has 4 unspecified atom stereocenters. The third-order valence-electron chi connectivity index (χ3n) is 4.76. The van der Waals surface area contributed by atoms with Crippen LogP contribution in [0.3, 0.4) is 0 Å². The normalized spacial score (nSPS) is 25.1. The first-order valence-electron chi connectivity index (χ1n) is 9.59. The third-order valence-corrected chi connectivity index (χ3v) is 4.76. The van der Waals surface area contributed by atoms with E-state index in [9.17, 15) is 10.2 Å². The van der Waals surface area contributed by atoms with Gasteiger partial charge in [0.2, 0.25) is 0 Å². The van der Waals surface area contributed by atoms with E-state index in [1.54, 1.807) is 13.4 Å². The number of hydrogen-bond donors (Lipinski definition) is 2. The largest absolute Gasteiger partial charge is 0.505 e. The van der Waals surface area contributed by atoms with E-state index in [0.717, 1.165) is 38.5 Å². The lowest BCUT2D eigenvalue weighted by Crippen LogP contribution is -2.19. The lowest BCUT2D eigenvalue weighted by Gasteiger charge is -2.20. The molecule has 0 aromatic carbocycles. The summed E-state index contributed by atoms with van der Waals surface area (Å²) in [5.41, 5.74) is 0. The highest BCUT2D eigenvalue weighted by molar-refractivity contribution is 5.14. The third kappa shape index (κ3) is 8.70. The first-order chi connectivity index (χ1) is 11.7. The summed E-state index contributed by atoms with van der Waals surface area (Å²) in [5.74, 6) is 0.521. The standard InChI is InChI=1S/C21H36O3/c1-3-4-8-11-19(22)15-13-18-14-16-21(23)20(18)12-9-6-5-7-10-17-24-2/h10,13-23H,3-9,11-12H2,1-2H3/b15-13+,17-10?. The van der Waals surface area contributed by atoms with E-state index in [1.807, 2.05) is 12.2 Å². The monoisotopic (exact) mass is 336 g/mol. The van der Waals surface area contributed by atoms with Gasteiger partial charge in [-0.25, -0.2) is 0 Å². The van der Waals surface area contributed by atoms with Gasteiger partial charge in [0, 0.05) is 5.92 Å². The summed E-state index contributed by atoms with van der Waals surface area (Å²) in [7, 11) is 1.67. The van der Waals surface area contributed by atoms with E-state index in [4.69, 9.17) is 4.74 Å². The summed E-state index contributed by atoms with van der Waals surface area (Å²) in [6.45, 7) is 2.17. The first kappa shape index (κ1) is 21.0. The Hall–Kier alpha value is -1.06. The molecule has 138 valence electrons. The predicted octanol–water partition coefficient (Wildman–Crippen LogP) is 4.76. The minimum atomic E-state index is -0.351. The maximum absolute atomic E-state index is 10.2. The molecule has 0 aromatic heterocycles. The summed E-state index contributed by atoms with van der Waals surface area (Å²) < 4.78 is 4.88. The van der Waals surface area contributed by atoms with Crippen molar-refractivity contribution in [3.8, 4) is 0 Å². The molecule has 0 fully saturated rings. The maximum Gasteiger partial charge on any atom is 0.0784 e. The Kier molecular flexibility index (Phi) is 11.6. The van der Waals surface area contributed by atoms with Gasteiger partial charge in [-0.3, -0.25) is 0 Å². The van der Waals surface area contributed by atoms with Gasteiger partial charge in [-0.1, -0.05) is 63.3 Å². The van der Waals surface area contributed by atoms with E-state index in [0.29, 0.717) is 0 Å². The Balaban J connectivity index is 2.28. The SMILES string of the molecule is CCCCCC(O)/C=C/C1C=CC(O)C1CCCCCC=COC.